The highest BCUT2D eigenvalue weighted by Crippen LogP contribution is 2.48. The molecule has 0 radical (unpaired) electrons. The average molecular weight is 715 g/mol. The number of benzene rings is 9. The van der Waals surface area contributed by atoms with E-state index in [0.717, 1.165) is 33.8 Å². The van der Waals surface area contributed by atoms with Gasteiger partial charge in [-0.25, -0.2) is 0 Å². The molecule has 0 amide bonds. The van der Waals surface area contributed by atoms with Crippen molar-refractivity contribution in [3.05, 3.63) is 231 Å². The Morgan fingerprint density at radius 1 is 0.304 bits per heavy atom. The zero-order valence-corrected chi connectivity index (χ0v) is 30.8. The van der Waals surface area contributed by atoms with E-state index in [4.69, 9.17) is 0 Å². The molecule has 0 N–H and O–H groups in total. The molecule has 56 heavy (non-hydrogen) atoms. The van der Waals surface area contributed by atoms with Gasteiger partial charge in [0.05, 0.1) is 28.1 Å². The zero-order valence-electron chi connectivity index (χ0n) is 30.8. The van der Waals surface area contributed by atoms with Crippen molar-refractivity contribution in [2.75, 3.05) is 4.90 Å². The number of anilines is 3. The normalized spacial score (nSPS) is 11.2. The van der Waals surface area contributed by atoms with Crippen molar-refractivity contribution in [3.8, 4) is 50.2 Å². The second-order valence-electron chi connectivity index (χ2n) is 14.1. The van der Waals surface area contributed by atoms with Gasteiger partial charge in [-0.2, -0.15) is 0 Å². The summed E-state index contributed by atoms with van der Waals surface area (Å²) in [5.41, 5.74) is 16.2. The van der Waals surface area contributed by atoms with Gasteiger partial charge in [-0.3, -0.25) is 0 Å². The molecule has 0 aliphatic rings. The summed E-state index contributed by atoms with van der Waals surface area (Å²) in [4.78, 5) is 2.45. The van der Waals surface area contributed by atoms with Crippen molar-refractivity contribution < 1.29 is 0 Å². The topological polar surface area (TPSA) is 8.17 Å². The lowest BCUT2D eigenvalue weighted by Gasteiger charge is -2.29. The molecule has 0 unspecified atom stereocenters. The summed E-state index contributed by atoms with van der Waals surface area (Å²) in [7, 11) is 0. The molecule has 0 fully saturated rings. The van der Waals surface area contributed by atoms with Crippen molar-refractivity contribution in [1.29, 1.82) is 0 Å². The number of para-hydroxylation sites is 2. The highest BCUT2D eigenvalue weighted by molar-refractivity contribution is 6.17. The minimum Gasteiger partial charge on any atom is -0.309 e. The number of hydrogen-bond acceptors (Lipinski definition) is 1. The van der Waals surface area contributed by atoms with E-state index in [0.29, 0.717) is 0 Å². The first-order valence-corrected chi connectivity index (χ1v) is 19.2. The van der Waals surface area contributed by atoms with Crippen LogP contribution in [0.15, 0.2) is 231 Å². The van der Waals surface area contributed by atoms with E-state index in [2.05, 4.69) is 240 Å². The Morgan fingerprint density at radius 2 is 0.804 bits per heavy atom. The first-order valence-electron chi connectivity index (χ1n) is 19.2. The maximum absolute atomic E-state index is 2.47. The van der Waals surface area contributed by atoms with E-state index in [9.17, 15) is 0 Å². The molecule has 1 heterocycles. The molecule has 1 aromatic heterocycles. The second-order valence-corrected chi connectivity index (χ2v) is 14.1. The van der Waals surface area contributed by atoms with Crippen LogP contribution in [-0.2, 0) is 0 Å². The summed E-state index contributed by atoms with van der Waals surface area (Å²) in [5.74, 6) is 0. The van der Waals surface area contributed by atoms with Crippen molar-refractivity contribution in [1.82, 2.24) is 4.57 Å². The van der Waals surface area contributed by atoms with Crippen LogP contribution in [-0.4, -0.2) is 4.57 Å². The van der Waals surface area contributed by atoms with Crippen LogP contribution in [0.3, 0.4) is 0 Å². The van der Waals surface area contributed by atoms with Crippen LogP contribution < -0.4 is 4.90 Å². The minimum atomic E-state index is 1.09. The van der Waals surface area contributed by atoms with Gasteiger partial charge in [0, 0.05) is 27.6 Å². The van der Waals surface area contributed by atoms with Crippen LogP contribution >= 0.6 is 0 Å². The van der Waals surface area contributed by atoms with Gasteiger partial charge < -0.3 is 9.47 Å². The van der Waals surface area contributed by atoms with Crippen LogP contribution in [0.25, 0.3) is 72.0 Å². The predicted molar refractivity (Wildman–Crippen MR) is 237 cm³/mol. The standard InChI is InChI=1S/C54H38N2/c1-6-19-39(20-7-1)43-34-36-50(48(37-43)42-25-12-4-13-26-42)55(45-27-14-5-15-28-45)51-31-18-32-52-54(51)47-29-16-17-30-49(47)56(52)53-38-44(40-21-8-2-9-22-40)33-35-46(53)41-23-10-3-11-24-41/h1-38H. The van der Waals surface area contributed by atoms with E-state index in [1.165, 1.54) is 55.3 Å². The van der Waals surface area contributed by atoms with E-state index in [1.807, 2.05) is 0 Å². The fourth-order valence-corrected chi connectivity index (χ4v) is 8.21. The van der Waals surface area contributed by atoms with E-state index < -0.39 is 0 Å². The molecule has 0 atom stereocenters. The number of fused-ring (bicyclic) bond motifs is 3. The van der Waals surface area contributed by atoms with Crippen LogP contribution in [0, 0.1) is 0 Å². The first-order chi connectivity index (χ1) is 27.8. The Hall–Kier alpha value is -7.42. The van der Waals surface area contributed by atoms with Crippen LogP contribution in [0.5, 0.6) is 0 Å². The maximum atomic E-state index is 2.47. The van der Waals surface area contributed by atoms with Crippen molar-refractivity contribution >= 4 is 38.9 Å². The number of rotatable bonds is 8. The minimum absolute atomic E-state index is 1.09. The lowest BCUT2D eigenvalue weighted by atomic mass is 9.96. The number of hydrogen-bond donors (Lipinski definition) is 0. The third kappa shape index (κ3) is 5.95. The SMILES string of the molecule is c1ccc(-c2ccc(N(c3ccccc3)c3cccc4c3c3ccccc3n4-c3cc(-c4ccccc4)ccc3-c3ccccc3)c(-c3ccccc3)c2)cc1. The average Bonchev–Trinajstić information content (AvgIpc) is 3.63. The fourth-order valence-electron chi connectivity index (χ4n) is 8.21. The lowest BCUT2D eigenvalue weighted by Crippen LogP contribution is -2.12. The lowest BCUT2D eigenvalue weighted by molar-refractivity contribution is 1.18. The Morgan fingerprint density at radius 3 is 1.45 bits per heavy atom. The highest BCUT2D eigenvalue weighted by Gasteiger charge is 2.24. The quantitative estimate of drug-likeness (QED) is 0.152. The molecular weight excluding hydrogens is 677 g/mol. The van der Waals surface area contributed by atoms with Gasteiger partial charge in [0.15, 0.2) is 0 Å². The molecule has 264 valence electrons. The van der Waals surface area contributed by atoms with Crippen molar-refractivity contribution in [2.24, 2.45) is 0 Å². The molecule has 0 saturated heterocycles. The molecule has 0 spiro atoms. The largest absolute Gasteiger partial charge is 0.309 e. The van der Waals surface area contributed by atoms with Crippen molar-refractivity contribution in [3.63, 3.8) is 0 Å². The van der Waals surface area contributed by atoms with Gasteiger partial charge >= 0.3 is 0 Å². The summed E-state index contributed by atoms with van der Waals surface area (Å²) in [6.45, 7) is 0. The molecule has 2 heteroatoms. The predicted octanol–water partition coefficient (Wildman–Crippen LogP) is 14.9. The Kier molecular flexibility index (Phi) is 8.55. The summed E-state index contributed by atoms with van der Waals surface area (Å²) in [6.07, 6.45) is 0. The number of aromatic nitrogens is 1. The third-order valence-electron chi connectivity index (χ3n) is 10.8. The van der Waals surface area contributed by atoms with E-state index in [1.54, 1.807) is 0 Å². The van der Waals surface area contributed by atoms with Gasteiger partial charge in [0.25, 0.3) is 0 Å². The Labute approximate surface area is 327 Å². The molecule has 0 bridgehead atoms. The van der Waals surface area contributed by atoms with Crippen LogP contribution in [0.1, 0.15) is 0 Å². The van der Waals surface area contributed by atoms with Gasteiger partial charge in [-0.15, -0.1) is 0 Å². The van der Waals surface area contributed by atoms with Gasteiger partial charge in [-0.1, -0.05) is 182 Å². The van der Waals surface area contributed by atoms with Crippen LogP contribution in [0.2, 0.25) is 0 Å². The first kappa shape index (κ1) is 33.2. The van der Waals surface area contributed by atoms with E-state index >= 15 is 0 Å². The van der Waals surface area contributed by atoms with Crippen LogP contribution in [0.4, 0.5) is 17.1 Å². The summed E-state index contributed by atoms with van der Waals surface area (Å²) >= 11 is 0. The maximum Gasteiger partial charge on any atom is 0.0562 e. The second kappa shape index (κ2) is 14.4. The van der Waals surface area contributed by atoms with Gasteiger partial charge in [0.1, 0.15) is 0 Å². The van der Waals surface area contributed by atoms with E-state index in [-0.39, 0.29) is 0 Å². The van der Waals surface area contributed by atoms with Crippen molar-refractivity contribution in [2.45, 2.75) is 0 Å². The summed E-state index contributed by atoms with van der Waals surface area (Å²) < 4.78 is 2.47. The molecule has 2 nitrogen and oxygen atoms in total. The smallest absolute Gasteiger partial charge is 0.0562 e. The third-order valence-corrected chi connectivity index (χ3v) is 10.8. The molecule has 9 aromatic carbocycles. The zero-order chi connectivity index (χ0) is 37.3. The fraction of sp³-hybridized carbons (Fsp3) is 0. The summed E-state index contributed by atoms with van der Waals surface area (Å²) in [5, 5.41) is 2.40. The Balaban J connectivity index is 1.27. The molecule has 10 rings (SSSR count). The molecule has 10 aromatic rings. The summed E-state index contributed by atoms with van der Waals surface area (Å²) in [6, 6.07) is 83.1. The number of nitrogens with zero attached hydrogens (tertiary/aromatic N) is 2. The monoisotopic (exact) mass is 714 g/mol. The molecule has 0 aliphatic heterocycles. The molecule has 0 aliphatic carbocycles. The Bertz CT molecular complexity index is 2930. The van der Waals surface area contributed by atoms with Gasteiger partial charge in [-0.05, 0) is 81.9 Å². The van der Waals surface area contributed by atoms with Gasteiger partial charge in [0.2, 0.25) is 0 Å². The highest BCUT2D eigenvalue weighted by atomic mass is 15.2. The molecule has 0 saturated carbocycles. The molecular formula is C54H38N2.